The average Bonchev–Trinajstić information content (AvgIpc) is 2.96. The molecule has 3 aromatic rings. The van der Waals surface area contributed by atoms with Crippen LogP contribution in [-0.4, -0.2) is 47.4 Å². The molecule has 0 radical (unpaired) electrons. The standard InChI is InChI=1S/C22H27ClN5OP/c1-30(2,29)21-16(23)9-8-15-18-17(27-20(15)21)7-3-5-13-11-25-22(28-19(13)18)26-14-6-4-10-24-12-14/h8-9,11,14,24,27H,3-7,10,12H2,1-2H3,(H,25,26,28)/t14-/m0/s1. The predicted molar refractivity (Wildman–Crippen MR) is 125 cm³/mol. The summed E-state index contributed by atoms with van der Waals surface area (Å²) in [5.41, 5.74) is 5.28. The van der Waals surface area contributed by atoms with Crippen LogP contribution < -0.4 is 15.9 Å². The van der Waals surface area contributed by atoms with Gasteiger partial charge in [-0.3, -0.25) is 0 Å². The number of piperidine rings is 1. The smallest absolute Gasteiger partial charge is 0.223 e. The first-order valence-corrected chi connectivity index (χ1v) is 13.6. The van der Waals surface area contributed by atoms with E-state index < -0.39 is 7.14 Å². The number of aryl methyl sites for hydroxylation is 2. The lowest BCUT2D eigenvalue weighted by molar-refractivity contribution is 0.478. The lowest BCUT2D eigenvalue weighted by Gasteiger charge is -2.24. The van der Waals surface area contributed by atoms with Crippen molar-refractivity contribution in [2.75, 3.05) is 31.7 Å². The third-order valence-electron chi connectivity index (χ3n) is 6.12. The summed E-state index contributed by atoms with van der Waals surface area (Å²) in [6.45, 7) is 5.56. The van der Waals surface area contributed by atoms with Gasteiger partial charge in [0.05, 0.1) is 21.5 Å². The second-order valence-electron chi connectivity index (χ2n) is 8.76. The van der Waals surface area contributed by atoms with E-state index in [1.165, 1.54) is 0 Å². The van der Waals surface area contributed by atoms with Crippen molar-refractivity contribution in [1.29, 1.82) is 0 Å². The van der Waals surface area contributed by atoms with Gasteiger partial charge in [0.15, 0.2) is 0 Å². The van der Waals surface area contributed by atoms with Crippen molar-refractivity contribution in [3.8, 4) is 11.3 Å². The molecule has 0 bridgehead atoms. The van der Waals surface area contributed by atoms with Gasteiger partial charge in [0, 0.05) is 35.4 Å². The third kappa shape index (κ3) is 3.55. The Morgan fingerprint density at radius 1 is 1.23 bits per heavy atom. The minimum absolute atomic E-state index is 0.349. The lowest BCUT2D eigenvalue weighted by Crippen LogP contribution is -2.38. The molecule has 2 aliphatic rings. The van der Waals surface area contributed by atoms with Crippen molar-refractivity contribution in [1.82, 2.24) is 20.3 Å². The SMILES string of the molecule is CP(C)(=O)c1c(Cl)ccc2c3c([nH]c12)CCCc1cnc(N[C@H]2CCCNC2)nc1-3. The second kappa shape index (κ2) is 7.67. The number of benzene rings is 1. The minimum atomic E-state index is -2.55. The summed E-state index contributed by atoms with van der Waals surface area (Å²) < 4.78 is 13.0. The molecule has 1 atom stereocenters. The van der Waals surface area contributed by atoms with E-state index in [2.05, 4.69) is 20.6 Å². The van der Waals surface area contributed by atoms with Crippen LogP contribution in [0.5, 0.6) is 0 Å². The van der Waals surface area contributed by atoms with Crippen molar-refractivity contribution in [3.05, 3.63) is 34.6 Å². The van der Waals surface area contributed by atoms with Crippen LogP contribution in [0.1, 0.15) is 30.5 Å². The highest BCUT2D eigenvalue weighted by Gasteiger charge is 2.27. The zero-order valence-corrected chi connectivity index (χ0v) is 19.0. The molecule has 0 unspecified atom stereocenters. The normalized spacial score (nSPS) is 19.2. The van der Waals surface area contributed by atoms with Crippen LogP contribution >= 0.6 is 18.7 Å². The van der Waals surface area contributed by atoms with E-state index in [0.29, 0.717) is 17.0 Å². The topological polar surface area (TPSA) is 82.7 Å². The van der Waals surface area contributed by atoms with Gasteiger partial charge >= 0.3 is 0 Å². The molecule has 1 aromatic carbocycles. The largest absolute Gasteiger partial charge is 0.357 e. The van der Waals surface area contributed by atoms with Crippen LogP contribution in [0.2, 0.25) is 5.02 Å². The summed E-state index contributed by atoms with van der Waals surface area (Å²) in [6, 6.07) is 4.24. The zero-order valence-electron chi connectivity index (χ0n) is 17.4. The number of rotatable bonds is 3. The molecular formula is C22H27ClN5OP. The van der Waals surface area contributed by atoms with Gasteiger partial charge in [-0.05, 0) is 63.6 Å². The van der Waals surface area contributed by atoms with Crippen molar-refractivity contribution >= 4 is 40.9 Å². The lowest BCUT2D eigenvalue weighted by atomic mass is 10.0. The molecule has 158 valence electrons. The number of H-pyrrole nitrogens is 1. The van der Waals surface area contributed by atoms with Crippen molar-refractivity contribution < 1.29 is 4.57 Å². The van der Waals surface area contributed by atoms with E-state index in [1.54, 1.807) is 13.3 Å². The second-order valence-corrected chi connectivity index (χ2v) is 12.3. The van der Waals surface area contributed by atoms with Crippen molar-refractivity contribution in [2.45, 2.75) is 38.1 Å². The highest BCUT2D eigenvalue weighted by atomic mass is 35.5. The number of anilines is 1. The molecule has 3 N–H and O–H groups in total. The predicted octanol–water partition coefficient (Wildman–Crippen LogP) is 4.18. The molecule has 3 heterocycles. The molecule has 30 heavy (non-hydrogen) atoms. The third-order valence-corrected chi connectivity index (χ3v) is 8.11. The maximum atomic E-state index is 13.0. The maximum Gasteiger partial charge on any atom is 0.223 e. The summed E-state index contributed by atoms with van der Waals surface area (Å²) in [6.07, 6.45) is 7.14. The molecule has 0 saturated carbocycles. The molecular weight excluding hydrogens is 417 g/mol. The Balaban J connectivity index is 1.66. The van der Waals surface area contributed by atoms with Gasteiger partial charge in [0.2, 0.25) is 5.95 Å². The Hall–Kier alpha value is -1.88. The zero-order chi connectivity index (χ0) is 20.9. The summed E-state index contributed by atoms with van der Waals surface area (Å²) in [5, 5.41) is 9.27. The average molecular weight is 444 g/mol. The van der Waals surface area contributed by atoms with Crippen molar-refractivity contribution in [3.63, 3.8) is 0 Å². The minimum Gasteiger partial charge on any atom is -0.357 e. The quantitative estimate of drug-likeness (QED) is 0.529. The Morgan fingerprint density at radius 3 is 2.87 bits per heavy atom. The van der Waals surface area contributed by atoms with Crippen LogP contribution in [0.15, 0.2) is 18.3 Å². The summed E-state index contributed by atoms with van der Waals surface area (Å²) in [7, 11) is -2.55. The maximum absolute atomic E-state index is 13.0. The molecule has 0 spiro atoms. The van der Waals surface area contributed by atoms with E-state index >= 15 is 0 Å². The van der Waals surface area contributed by atoms with Crippen LogP contribution in [0, 0.1) is 0 Å². The molecule has 1 aliphatic heterocycles. The van der Waals surface area contributed by atoms with Gasteiger partial charge in [-0.25, -0.2) is 9.97 Å². The highest BCUT2D eigenvalue weighted by molar-refractivity contribution is 7.70. The highest BCUT2D eigenvalue weighted by Crippen LogP contribution is 2.44. The van der Waals surface area contributed by atoms with Gasteiger partial charge in [-0.15, -0.1) is 0 Å². The Morgan fingerprint density at radius 2 is 2.10 bits per heavy atom. The molecule has 1 fully saturated rings. The van der Waals surface area contributed by atoms with Gasteiger partial charge in [0.25, 0.3) is 0 Å². The number of hydrogen-bond acceptors (Lipinski definition) is 5. The fraction of sp³-hybridized carbons (Fsp3) is 0.455. The fourth-order valence-corrected chi connectivity index (χ4v) is 6.82. The van der Waals surface area contributed by atoms with Crippen LogP contribution in [-0.2, 0) is 17.4 Å². The summed E-state index contributed by atoms with van der Waals surface area (Å²) >= 11 is 6.48. The van der Waals surface area contributed by atoms with Crippen LogP contribution in [0.25, 0.3) is 22.2 Å². The number of nitrogens with one attached hydrogen (secondary N) is 3. The van der Waals surface area contributed by atoms with Crippen LogP contribution in [0.3, 0.4) is 0 Å². The molecule has 1 saturated heterocycles. The Kier molecular flexibility index (Phi) is 5.12. The number of nitrogens with zero attached hydrogens (tertiary/aromatic N) is 2. The molecule has 2 aromatic heterocycles. The first kappa shape index (κ1) is 20.0. The Bertz CT molecular complexity index is 1160. The van der Waals surface area contributed by atoms with E-state index in [4.69, 9.17) is 16.6 Å². The van der Waals surface area contributed by atoms with Gasteiger partial charge in [-0.2, -0.15) is 0 Å². The number of halogens is 1. The van der Waals surface area contributed by atoms with E-state index in [9.17, 15) is 4.57 Å². The summed E-state index contributed by atoms with van der Waals surface area (Å²) in [5.74, 6) is 0.676. The van der Waals surface area contributed by atoms with Gasteiger partial charge < -0.3 is 20.2 Å². The van der Waals surface area contributed by atoms with E-state index in [0.717, 1.165) is 83.9 Å². The number of fused-ring (bicyclic) bond motifs is 5. The first-order chi connectivity index (χ1) is 14.4. The molecule has 8 heteroatoms. The summed E-state index contributed by atoms with van der Waals surface area (Å²) in [4.78, 5) is 13.1. The van der Waals surface area contributed by atoms with Crippen LogP contribution in [0.4, 0.5) is 5.95 Å². The molecule has 0 amide bonds. The Labute approximate surface area is 181 Å². The molecule has 5 rings (SSSR count). The number of aromatic nitrogens is 3. The van der Waals surface area contributed by atoms with E-state index in [1.807, 2.05) is 18.3 Å². The molecule has 6 nitrogen and oxygen atoms in total. The van der Waals surface area contributed by atoms with E-state index in [-0.39, 0.29) is 0 Å². The van der Waals surface area contributed by atoms with Crippen molar-refractivity contribution in [2.24, 2.45) is 0 Å². The number of aromatic amines is 1. The fourth-order valence-electron chi connectivity index (χ4n) is 4.75. The first-order valence-electron chi connectivity index (χ1n) is 10.6. The number of hydrogen-bond donors (Lipinski definition) is 3. The molecule has 1 aliphatic carbocycles. The monoisotopic (exact) mass is 443 g/mol. The van der Waals surface area contributed by atoms with Gasteiger partial charge in [0.1, 0.15) is 7.14 Å². The van der Waals surface area contributed by atoms with Gasteiger partial charge in [-0.1, -0.05) is 17.7 Å².